The molecule has 1 N–H and O–H groups in total. The van der Waals surface area contributed by atoms with Crippen molar-refractivity contribution in [3.63, 3.8) is 0 Å². The number of anilines is 1. The number of aromatic nitrogens is 2. The number of fused-ring (bicyclic) bond motifs is 1. The van der Waals surface area contributed by atoms with Gasteiger partial charge in [0.25, 0.3) is 0 Å². The van der Waals surface area contributed by atoms with Gasteiger partial charge in [0.15, 0.2) is 5.78 Å². The van der Waals surface area contributed by atoms with Crippen LogP contribution in [-0.4, -0.2) is 21.8 Å². The van der Waals surface area contributed by atoms with Gasteiger partial charge in [-0.15, -0.1) is 0 Å². The molecule has 32 heavy (non-hydrogen) atoms. The fraction of sp³-hybridized carbons (Fsp3) is 0.375. The van der Waals surface area contributed by atoms with Crippen LogP contribution in [0.1, 0.15) is 61.5 Å². The zero-order valence-electron chi connectivity index (χ0n) is 18.6. The predicted molar refractivity (Wildman–Crippen MR) is 123 cm³/mol. The highest BCUT2D eigenvalue weighted by molar-refractivity contribution is 6.31. The molecular formula is C24H27ClF3N3O. The molecule has 1 heterocycles. The summed E-state index contributed by atoms with van der Waals surface area (Å²) in [5.74, 6) is 0.256. The van der Waals surface area contributed by atoms with Gasteiger partial charge in [-0.2, -0.15) is 13.2 Å². The van der Waals surface area contributed by atoms with E-state index in [1.54, 1.807) is 13.1 Å². The number of hydrogen-bond donors (Lipinski definition) is 1. The molecule has 4 nitrogen and oxygen atoms in total. The lowest BCUT2D eigenvalue weighted by Gasteiger charge is -2.16. The van der Waals surface area contributed by atoms with Crippen LogP contribution in [0.2, 0.25) is 5.02 Å². The van der Waals surface area contributed by atoms with Crippen LogP contribution in [0.3, 0.4) is 0 Å². The Morgan fingerprint density at radius 1 is 1.12 bits per heavy atom. The van der Waals surface area contributed by atoms with Gasteiger partial charge >= 0.3 is 6.18 Å². The van der Waals surface area contributed by atoms with Gasteiger partial charge < -0.3 is 5.32 Å². The summed E-state index contributed by atoms with van der Waals surface area (Å²) in [7, 11) is 0. The molecule has 0 radical (unpaired) electrons. The Labute approximate surface area is 191 Å². The topological polar surface area (TPSA) is 54.9 Å². The van der Waals surface area contributed by atoms with Crippen LogP contribution < -0.4 is 5.32 Å². The van der Waals surface area contributed by atoms with Gasteiger partial charge in [0.1, 0.15) is 5.82 Å². The SMILES string of the molecule is CC(=O)c1cc(C)ccc1C(F)(F)F.CCCC(CC)Nc1cnc2ccc(Cl)cc2n1. The van der Waals surface area contributed by atoms with Crippen LogP contribution in [-0.2, 0) is 6.18 Å². The maximum absolute atomic E-state index is 12.4. The smallest absolute Gasteiger partial charge is 0.366 e. The fourth-order valence-corrected chi connectivity index (χ4v) is 3.35. The Balaban J connectivity index is 0.000000235. The Hall–Kier alpha value is -2.67. The summed E-state index contributed by atoms with van der Waals surface area (Å²) in [6.07, 6.45) is 0.719. The highest BCUT2D eigenvalue weighted by Crippen LogP contribution is 2.32. The standard InChI is InChI=1S/C14H18ClN3.C10H9F3O/c1-3-5-11(4-2)17-14-9-16-12-7-6-10(15)8-13(12)18-14;1-6-3-4-9(10(11,12)13)8(5-6)7(2)14/h6-9,11H,3-5H2,1-2H3,(H,17,18);3-5H,1-2H3. The molecule has 0 amide bonds. The molecule has 3 rings (SSSR count). The minimum absolute atomic E-state index is 0.266. The van der Waals surface area contributed by atoms with Crippen molar-refractivity contribution in [2.75, 3.05) is 5.32 Å². The average Bonchev–Trinajstić information content (AvgIpc) is 2.72. The van der Waals surface area contributed by atoms with Gasteiger partial charge in [0.2, 0.25) is 0 Å². The van der Waals surface area contributed by atoms with Crippen LogP contribution >= 0.6 is 11.6 Å². The number of alkyl halides is 3. The number of nitrogens with one attached hydrogen (secondary N) is 1. The minimum atomic E-state index is -4.46. The quantitative estimate of drug-likeness (QED) is 0.383. The minimum Gasteiger partial charge on any atom is -0.366 e. The molecule has 1 unspecified atom stereocenters. The molecule has 172 valence electrons. The van der Waals surface area contributed by atoms with Crippen molar-refractivity contribution in [2.24, 2.45) is 0 Å². The van der Waals surface area contributed by atoms with Crippen LogP contribution in [0, 0.1) is 6.92 Å². The summed E-state index contributed by atoms with van der Waals surface area (Å²) in [4.78, 5) is 19.9. The molecule has 0 spiro atoms. The van der Waals surface area contributed by atoms with E-state index in [4.69, 9.17) is 11.6 Å². The second kappa shape index (κ2) is 11.3. The van der Waals surface area contributed by atoms with Gasteiger partial charge in [0, 0.05) is 16.6 Å². The molecule has 0 fully saturated rings. The molecule has 0 aliphatic rings. The third-order valence-corrected chi connectivity index (χ3v) is 5.08. The maximum atomic E-state index is 12.4. The monoisotopic (exact) mass is 465 g/mol. The molecule has 1 atom stereocenters. The lowest BCUT2D eigenvalue weighted by molar-refractivity contribution is -0.137. The number of halogens is 4. The van der Waals surface area contributed by atoms with E-state index in [1.807, 2.05) is 18.2 Å². The number of hydrogen-bond acceptors (Lipinski definition) is 4. The first kappa shape index (κ1) is 25.6. The largest absolute Gasteiger partial charge is 0.417 e. The number of carbonyl (C=O) groups excluding carboxylic acids is 1. The van der Waals surface area contributed by atoms with Crippen LogP contribution in [0.4, 0.5) is 19.0 Å². The molecular weight excluding hydrogens is 439 g/mol. The van der Waals surface area contributed by atoms with Gasteiger partial charge in [-0.1, -0.05) is 43.5 Å². The number of rotatable bonds is 6. The van der Waals surface area contributed by atoms with E-state index in [-0.39, 0.29) is 5.56 Å². The summed E-state index contributed by atoms with van der Waals surface area (Å²) in [6, 6.07) is 9.55. The zero-order valence-corrected chi connectivity index (χ0v) is 19.3. The van der Waals surface area contributed by atoms with Crippen LogP contribution in [0.25, 0.3) is 11.0 Å². The van der Waals surface area contributed by atoms with E-state index in [9.17, 15) is 18.0 Å². The predicted octanol–water partition coefficient (Wildman–Crippen LogP) is 7.49. The summed E-state index contributed by atoms with van der Waals surface area (Å²) in [5, 5.41) is 4.11. The Morgan fingerprint density at radius 3 is 2.44 bits per heavy atom. The maximum Gasteiger partial charge on any atom is 0.417 e. The molecule has 0 aliphatic heterocycles. The van der Waals surface area contributed by atoms with Crippen molar-refractivity contribution >= 4 is 34.2 Å². The van der Waals surface area contributed by atoms with Gasteiger partial charge in [-0.05, 0) is 57.0 Å². The van der Waals surface area contributed by atoms with E-state index in [2.05, 4.69) is 29.1 Å². The third kappa shape index (κ3) is 7.19. The fourth-order valence-electron chi connectivity index (χ4n) is 3.19. The first-order valence-corrected chi connectivity index (χ1v) is 10.8. The van der Waals surface area contributed by atoms with Crippen molar-refractivity contribution in [3.8, 4) is 0 Å². The van der Waals surface area contributed by atoms with Gasteiger partial charge in [-0.3, -0.25) is 9.78 Å². The Kier molecular flexibility index (Phi) is 9.01. The molecule has 1 aromatic heterocycles. The first-order valence-electron chi connectivity index (χ1n) is 10.4. The van der Waals surface area contributed by atoms with Crippen molar-refractivity contribution < 1.29 is 18.0 Å². The lowest BCUT2D eigenvalue weighted by Crippen LogP contribution is -2.18. The normalized spacial score (nSPS) is 12.1. The molecule has 2 aromatic carbocycles. The molecule has 0 saturated heterocycles. The highest BCUT2D eigenvalue weighted by Gasteiger charge is 2.34. The second-order valence-electron chi connectivity index (χ2n) is 7.53. The van der Waals surface area contributed by atoms with E-state index < -0.39 is 17.5 Å². The molecule has 0 saturated carbocycles. The van der Waals surface area contributed by atoms with E-state index in [1.165, 1.54) is 18.6 Å². The number of aryl methyl sites for hydroxylation is 1. The number of benzene rings is 2. The summed E-state index contributed by atoms with van der Waals surface area (Å²) >= 11 is 5.97. The van der Waals surface area contributed by atoms with Gasteiger partial charge in [0.05, 0.1) is 22.8 Å². The number of nitrogens with zero attached hydrogens (tertiary/aromatic N) is 2. The van der Waals surface area contributed by atoms with E-state index >= 15 is 0 Å². The van der Waals surface area contributed by atoms with Crippen molar-refractivity contribution in [1.82, 2.24) is 9.97 Å². The molecule has 0 bridgehead atoms. The second-order valence-corrected chi connectivity index (χ2v) is 7.97. The molecule has 3 aromatic rings. The van der Waals surface area contributed by atoms with E-state index in [0.29, 0.717) is 16.6 Å². The van der Waals surface area contributed by atoms with E-state index in [0.717, 1.165) is 42.7 Å². The van der Waals surface area contributed by atoms with Gasteiger partial charge in [-0.25, -0.2) is 4.98 Å². The van der Waals surface area contributed by atoms with Crippen molar-refractivity contribution in [1.29, 1.82) is 0 Å². The number of ketones is 1. The zero-order chi connectivity index (χ0) is 23.9. The summed E-state index contributed by atoms with van der Waals surface area (Å²) < 4.78 is 37.2. The molecule has 0 aliphatic carbocycles. The summed E-state index contributed by atoms with van der Waals surface area (Å²) in [5.41, 5.74) is 1.21. The van der Waals surface area contributed by atoms with Crippen LogP contribution in [0.15, 0.2) is 42.6 Å². The average molecular weight is 466 g/mol. The first-order chi connectivity index (χ1) is 15.0. The van der Waals surface area contributed by atoms with Crippen LogP contribution in [0.5, 0.6) is 0 Å². The summed E-state index contributed by atoms with van der Waals surface area (Å²) in [6.45, 7) is 7.14. The number of carbonyl (C=O) groups is 1. The Bertz CT molecular complexity index is 1070. The third-order valence-electron chi connectivity index (χ3n) is 4.85. The number of Topliss-reactive ketones (excluding diaryl/α,β-unsaturated/α-hetero) is 1. The Morgan fingerprint density at radius 2 is 1.84 bits per heavy atom. The molecule has 8 heteroatoms. The highest BCUT2D eigenvalue weighted by atomic mass is 35.5. The lowest BCUT2D eigenvalue weighted by atomic mass is 10.0. The van der Waals surface area contributed by atoms with Crippen molar-refractivity contribution in [3.05, 3.63) is 64.3 Å². The van der Waals surface area contributed by atoms with Crippen molar-refractivity contribution in [2.45, 2.75) is 59.2 Å².